The Morgan fingerprint density at radius 1 is 1.30 bits per heavy atom. The van der Waals surface area contributed by atoms with E-state index in [1.807, 2.05) is 12.1 Å². The maximum atomic E-state index is 12.1. The number of aryl methyl sites for hydroxylation is 2. The number of nitrogens with one attached hydrogen (secondary N) is 2. The van der Waals surface area contributed by atoms with E-state index in [1.54, 1.807) is 13.0 Å². The minimum atomic E-state index is -0.377. The number of hydrogen-bond donors (Lipinski definition) is 2. The summed E-state index contributed by atoms with van der Waals surface area (Å²) in [5.74, 6) is -0.165. The van der Waals surface area contributed by atoms with Gasteiger partial charge in [0.2, 0.25) is 12.3 Å². The number of nitrogens with zero attached hydrogens (tertiary/aromatic N) is 2. The molecule has 0 fully saturated rings. The first-order chi connectivity index (χ1) is 11.1. The molecule has 2 amide bonds. The zero-order valence-electron chi connectivity index (χ0n) is 12.8. The smallest absolute Gasteiger partial charge is 0.251 e. The maximum absolute atomic E-state index is 12.1. The van der Waals surface area contributed by atoms with Crippen LogP contribution in [0.4, 0.5) is 0 Å². The fourth-order valence-electron chi connectivity index (χ4n) is 2.70. The predicted molar refractivity (Wildman–Crippen MR) is 81.7 cm³/mol. The molecule has 2 N–H and O–H groups in total. The first-order valence-electron chi connectivity index (χ1n) is 7.59. The van der Waals surface area contributed by atoms with Crippen LogP contribution >= 0.6 is 0 Å². The lowest BCUT2D eigenvalue weighted by Crippen LogP contribution is -2.38. The highest BCUT2D eigenvalue weighted by Crippen LogP contribution is 2.22. The van der Waals surface area contributed by atoms with Crippen molar-refractivity contribution < 1.29 is 14.1 Å². The van der Waals surface area contributed by atoms with Crippen molar-refractivity contribution in [2.24, 2.45) is 0 Å². The molecule has 120 valence electrons. The van der Waals surface area contributed by atoms with Crippen LogP contribution in [0.2, 0.25) is 0 Å². The Bertz CT molecular complexity index is 712. The average Bonchev–Trinajstić information content (AvgIpc) is 3.22. The van der Waals surface area contributed by atoms with Gasteiger partial charge in [-0.1, -0.05) is 11.2 Å². The molecular formula is C16H18N4O3. The monoisotopic (exact) mass is 314 g/mol. The van der Waals surface area contributed by atoms with E-state index in [-0.39, 0.29) is 24.4 Å². The Balaban J connectivity index is 1.51. The van der Waals surface area contributed by atoms with Gasteiger partial charge in [0, 0.05) is 5.56 Å². The Kier molecular flexibility index (Phi) is 4.36. The van der Waals surface area contributed by atoms with E-state index in [0.29, 0.717) is 11.4 Å². The second-order valence-electron chi connectivity index (χ2n) is 5.60. The van der Waals surface area contributed by atoms with Crippen molar-refractivity contribution in [3.05, 3.63) is 47.1 Å². The van der Waals surface area contributed by atoms with Gasteiger partial charge in [-0.05, 0) is 49.4 Å². The quantitative estimate of drug-likeness (QED) is 0.863. The lowest BCUT2D eigenvalue weighted by molar-refractivity contribution is -0.120. The third-order valence-corrected chi connectivity index (χ3v) is 3.91. The van der Waals surface area contributed by atoms with Gasteiger partial charge in [-0.25, -0.2) is 0 Å². The number of carbonyl (C=O) groups excluding carboxylic acids is 2. The standard InChI is InChI=1S/C16H18N4O3/c1-10(15-18-9-23-20-15)19-14(21)8-17-16(22)13-6-5-11-3-2-4-12(11)7-13/h5-7,9-10H,2-4,8H2,1H3,(H,17,22)(H,19,21)/t10-/m0/s1. The zero-order valence-corrected chi connectivity index (χ0v) is 12.8. The molecule has 1 heterocycles. The fourth-order valence-corrected chi connectivity index (χ4v) is 2.70. The SMILES string of the molecule is C[C@H](NC(=O)CNC(=O)c1ccc2c(c1)CCC2)c1ncon1. The molecule has 0 radical (unpaired) electrons. The van der Waals surface area contributed by atoms with Crippen molar-refractivity contribution in [3.8, 4) is 0 Å². The minimum Gasteiger partial charge on any atom is -0.345 e. The molecule has 0 saturated carbocycles. The van der Waals surface area contributed by atoms with Gasteiger partial charge in [-0.2, -0.15) is 4.98 Å². The third-order valence-electron chi connectivity index (χ3n) is 3.91. The molecule has 1 aliphatic carbocycles. The molecule has 0 saturated heterocycles. The molecule has 2 aromatic rings. The van der Waals surface area contributed by atoms with Gasteiger partial charge in [-0.15, -0.1) is 0 Å². The van der Waals surface area contributed by atoms with Crippen LogP contribution in [0.5, 0.6) is 0 Å². The highest BCUT2D eigenvalue weighted by atomic mass is 16.5. The summed E-state index contributed by atoms with van der Waals surface area (Å²) >= 11 is 0. The second kappa shape index (κ2) is 6.60. The largest absolute Gasteiger partial charge is 0.345 e. The first-order valence-corrected chi connectivity index (χ1v) is 7.59. The number of rotatable bonds is 5. The van der Waals surface area contributed by atoms with Gasteiger partial charge in [0.1, 0.15) is 0 Å². The van der Waals surface area contributed by atoms with Gasteiger partial charge < -0.3 is 15.2 Å². The lowest BCUT2D eigenvalue weighted by Gasteiger charge is -2.11. The zero-order chi connectivity index (χ0) is 16.2. The average molecular weight is 314 g/mol. The van der Waals surface area contributed by atoms with Crippen LogP contribution in [0, 0.1) is 0 Å². The molecule has 1 aromatic heterocycles. The molecule has 1 aromatic carbocycles. The molecule has 7 nitrogen and oxygen atoms in total. The fraction of sp³-hybridized carbons (Fsp3) is 0.375. The second-order valence-corrected chi connectivity index (χ2v) is 5.60. The van der Waals surface area contributed by atoms with Crippen molar-refractivity contribution in [3.63, 3.8) is 0 Å². The number of aromatic nitrogens is 2. The molecule has 1 aliphatic rings. The van der Waals surface area contributed by atoms with Crippen molar-refractivity contribution in [1.82, 2.24) is 20.8 Å². The summed E-state index contributed by atoms with van der Waals surface area (Å²) in [6.07, 6.45) is 4.43. The van der Waals surface area contributed by atoms with Crippen LogP contribution in [0.1, 0.15) is 46.7 Å². The van der Waals surface area contributed by atoms with E-state index in [1.165, 1.54) is 17.5 Å². The van der Waals surface area contributed by atoms with Crippen molar-refractivity contribution in [1.29, 1.82) is 0 Å². The van der Waals surface area contributed by atoms with E-state index in [9.17, 15) is 9.59 Å². The summed E-state index contributed by atoms with van der Waals surface area (Å²) < 4.78 is 4.63. The summed E-state index contributed by atoms with van der Waals surface area (Å²) in [6.45, 7) is 1.64. The Hall–Kier alpha value is -2.70. The Morgan fingerprint density at radius 3 is 2.91 bits per heavy atom. The van der Waals surface area contributed by atoms with E-state index in [2.05, 4.69) is 25.3 Å². The summed E-state index contributed by atoms with van der Waals surface area (Å²) in [7, 11) is 0. The summed E-state index contributed by atoms with van der Waals surface area (Å²) in [5, 5.41) is 8.97. The molecule has 23 heavy (non-hydrogen) atoms. The van der Waals surface area contributed by atoms with Gasteiger partial charge >= 0.3 is 0 Å². The van der Waals surface area contributed by atoms with Crippen LogP contribution < -0.4 is 10.6 Å². The molecule has 1 atom stereocenters. The van der Waals surface area contributed by atoms with E-state index in [0.717, 1.165) is 19.3 Å². The number of carbonyl (C=O) groups is 2. The summed E-state index contributed by atoms with van der Waals surface area (Å²) in [4.78, 5) is 27.9. The molecule has 0 unspecified atom stereocenters. The van der Waals surface area contributed by atoms with Crippen LogP contribution in [0.3, 0.4) is 0 Å². The predicted octanol–water partition coefficient (Wildman–Crippen LogP) is 1.17. The first kappa shape index (κ1) is 15.2. The Labute approximate surface area is 133 Å². The summed E-state index contributed by atoms with van der Waals surface area (Å²) in [6, 6.07) is 5.34. The van der Waals surface area contributed by atoms with Crippen molar-refractivity contribution in [2.75, 3.05) is 6.54 Å². The van der Waals surface area contributed by atoms with E-state index >= 15 is 0 Å². The maximum Gasteiger partial charge on any atom is 0.251 e. The summed E-state index contributed by atoms with van der Waals surface area (Å²) in [5.41, 5.74) is 3.13. The molecule has 0 aliphatic heterocycles. The normalized spacial score (nSPS) is 14.1. The van der Waals surface area contributed by atoms with Crippen LogP contribution in [0.15, 0.2) is 29.1 Å². The number of hydrogen-bond acceptors (Lipinski definition) is 5. The minimum absolute atomic E-state index is 0.0991. The van der Waals surface area contributed by atoms with E-state index in [4.69, 9.17) is 0 Å². The molecule has 7 heteroatoms. The van der Waals surface area contributed by atoms with Crippen molar-refractivity contribution >= 4 is 11.8 Å². The van der Waals surface area contributed by atoms with Crippen LogP contribution in [-0.2, 0) is 17.6 Å². The van der Waals surface area contributed by atoms with Crippen LogP contribution in [0.25, 0.3) is 0 Å². The highest BCUT2D eigenvalue weighted by Gasteiger charge is 2.16. The number of fused-ring (bicyclic) bond motifs is 1. The molecule has 3 rings (SSSR count). The van der Waals surface area contributed by atoms with E-state index < -0.39 is 0 Å². The van der Waals surface area contributed by atoms with Gasteiger partial charge in [0.25, 0.3) is 5.91 Å². The Morgan fingerprint density at radius 2 is 2.13 bits per heavy atom. The number of amides is 2. The van der Waals surface area contributed by atoms with Crippen molar-refractivity contribution in [2.45, 2.75) is 32.2 Å². The highest BCUT2D eigenvalue weighted by molar-refractivity contribution is 5.96. The van der Waals surface area contributed by atoms with Gasteiger partial charge in [0.15, 0.2) is 5.82 Å². The molecular weight excluding hydrogens is 296 g/mol. The lowest BCUT2D eigenvalue weighted by atomic mass is 10.1. The molecule has 0 spiro atoms. The topological polar surface area (TPSA) is 97.1 Å². The van der Waals surface area contributed by atoms with Gasteiger partial charge in [0.05, 0.1) is 12.6 Å². The third kappa shape index (κ3) is 3.56. The van der Waals surface area contributed by atoms with Gasteiger partial charge in [-0.3, -0.25) is 9.59 Å². The molecule has 0 bridgehead atoms. The number of benzene rings is 1. The van der Waals surface area contributed by atoms with Crippen LogP contribution in [-0.4, -0.2) is 28.5 Å².